The van der Waals surface area contributed by atoms with Crippen LogP contribution in [-0.4, -0.2) is 25.7 Å². The van der Waals surface area contributed by atoms with Crippen molar-refractivity contribution in [2.75, 3.05) is 5.73 Å². The molecule has 0 fully saturated rings. The first-order valence-electron chi connectivity index (χ1n) is 6.18. The number of carbonyl (C=O) groups is 1. The second-order valence-corrected chi connectivity index (χ2v) is 4.37. The minimum atomic E-state index is -0.567. The SMILES string of the molecule is NC(=O)c1cccnc1-n1cnc(-c2ccc(N)cc2)n1. The molecular weight excluding hydrogens is 268 g/mol. The molecule has 0 aliphatic rings. The molecule has 0 aliphatic carbocycles. The lowest BCUT2D eigenvalue weighted by Gasteiger charge is -2.03. The van der Waals surface area contributed by atoms with Crippen LogP contribution in [-0.2, 0) is 0 Å². The fraction of sp³-hybridized carbons (Fsp3) is 0. The van der Waals surface area contributed by atoms with E-state index in [2.05, 4.69) is 15.1 Å². The third kappa shape index (κ3) is 2.44. The van der Waals surface area contributed by atoms with E-state index in [-0.39, 0.29) is 5.56 Å². The standard InChI is InChI=1S/C14H12N6O/c15-10-5-3-9(4-6-10)13-18-8-20(19-13)14-11(12(16)21)2-1-7-17-14/h1-8H,15H2,(H2,16,21). The largest absolute Gasteiger partial charge is 0.399 e. The van der Waals surface area contributed by atoms with Crippen LogP contribution in [0.1, 0.15) is 10.4 Å². The van der Waals surface area contributed by atoms with Gasteiger partial charge in [-0.15, -0.1) is 5.10 Å². The molecule has 0 saturated heterocycles. The Morgan fingerprint density at radius 1 is 1.10 bits per heavy atom. The Hall–Kier alpha value is -3.22. The normalized spacial score (nSPS) is 10.5. The van der Waals surface area contributed by atoms with Crippen LogP contribution in [0.3, 0.4) is 0 Å². The number of hydrogen-bond donors (Lipinski definition) is 2. The number of primary amides is 1. The van der Waals surface area contributed by atoms with Gasteiger partial charge in [-0.25, -0.2) is 14.6 Å². The van der Waals surface area contributed by atoms with Gasteiger partial charge in [0.2, 0.25) is 0 Å². The van der Waals surface area contributed by atoms with E-state index in [1.807, 2.05) is 12.1 Å². The topological polar surface area (TPSA) is 113 Å². The van der Waals surface area contributed by atoms with E-state index >= 15 is 0 Å². The Kier molecular flexibility index (Phi) is 3.07. The molecule has 0 bridgehead atoms. The first-order valence-corrected chi connectivity index (χ1v) is 6.18. The number of nitrogens with zero attached hydrogens (tertiary/aromatic N) is 4. The zero-order valence-electron chi connectivity index (χ0n) is 11.0. The zero-order valence-corrected chi connectivity index (χ0v) is 11.0. The summed E-state index contributed by atoms with van der Waals surface area (Å²) < 4.78 is 1.42. The highest BCUT2D eigenvalue weighted by Gasteiger charge is 2.13. The highest BCUT2D eigenvalue weighted by Crippen LogP contribution is 2.17. The lowest BCUT2D eigenvalue weighted by Crippen LogP contribution is -2.16. The number of rotatable bonds is 3. The van der Waals surface area contributed by atoms with Gasteiger partial charge >= 0.3 is 0 Å². The molecule has 0 unspecified atom stereocenters. The predicted octanol–water partition coefficient (Wildman–Crippen LogP) is 1.01. The molecule has 0 radical (unpaired) electrons. The van der Waals surface area contributed by atoms with E-state index < -0.39 is 5.91 Å². The summed E-state index contributed by atoms with van der Waals surface area (Å²) in [5, 5.41) is 4.32. The monoisotopic (exact) mass is 280 g/mol. The molecule has 0 saturated carbocycles. The lowest BCUT2D eigenvalue weighted by molar-refractivity contribution is 0.1000. The summed E-state index contributed by atoms with van der Waals surface area (Å²) in [6, 6.07) is 10.4. The van der Waals surface area contributed by atoms with Crippen molar-refractivity contribution in [3.05, 3.63) is 54.5 Å². The first kappa shape index (κ1) is 12.8. The molecule has 4 N–H and O–H groups in total. The Morgan fingerprint density at radius 3 is 2.57 bits per heavy atom. The lowest BCUT2D eigenvalue weighted by atomic mass is 10.2. The number of nitrogen functional groups attached to an aromatic ring is 1. The minimum absolute atomic E-state index is 0.284. The summed E-state index contributed by atoms with van der Waals surface area (Å²) in [7, 11) is 0. The van der Waals surface area contributed by atoms with Gasteiger partial charge in [-0.3, -0.25) is 4.79 Å². The summed E-state index contributed by atoms with van der Waals surface area (Å²) >= 11 is 0. The third-order valence-corrected chi connectivity index (χ3v) is 2.93. The molecule has 0 spiro atoms. The molecule has 1 aromatic carbocycles. The van der Waals surface area contributed by atoms with Crippen LogP contribution in [0.4, 0.5) is 5.69 Å². The summed E-state index contributed by atoms with van der Waals surface area (Å²) in [4.78, 5) is 19.8. The number of anilines is 1. The molecule has 104 valence electrons. The van der Waals surface area contributed by atoms with E-state index in [1.165, 1.54) is 11.0 Å². The second kappa shape index (κ2) is 5.04. The molecule has 3 aromatic rings. The van der Waals surface area contributed by atoms with Crippen molar-refractivity contribution in [2.24, 2.45) is 5.73 Å². The number of aromatic nitrogens is 4. The van der Waals surface area contributed by atoms with E-state index in [9.17, 15) is 4.79 Å². The van der Waals surface area contributed by atoms with E-state index in [0.29, 0.717) is 17.3 Å². The van der Waals surface area contributed by atoms with Crippen molar-refractivity contribution >= 4 is 11.6 Å². The third-order valence-electron chi connectivity index (χ3n) is 2.93. The summed E-state index contributed by atoms with van der Waals surface area (Å²) in [5.74, 6) is 0.290. The average Bonchev–Trinajstić information content (AvgIpc) is 2.97. The molecule has 3 rings (SSSR count). The van der Waals surface area contributed by atoms with Gasteiger partial charge in [-0.1, -0.05) is 0 Å². The quantitative estimate of drug-likeness (QED) is 0.695. The van der Waals surface area contributed by atoms with Gasteiger partial charge in [0.15, 0.2) is 11.6 Å². The number of pyridine rings is 1. The first-order chi connectivity index (χ1) is 10.1. The van der Waals surface area contributed by atoms with Gasteiger partial charge in [-0.05, 0) is 36.4 Å². The van der Waals surface area contributed by atoms with Crippen LogP contribution in [0, 0.1) is 0 Å². The molecule has 2 heterocycles. The van der Waals surface area contributed by atoms with E-state index in [1.54, 1.807) is 30.5 Å². The van der Waals surface area contributed by atoms with Crippen LogP contribution in [0.15, 0.2) is 48.9 Å². The van der Waals surface area contributed by atoms with Crippen LogP contribution in [0.25, 0.3) is 17.2 Å². The Bertz CT molecular complexity index is 793. The number of amides is 1. The molecule has 0 aliphatic heterocycles. The fourth-order valence-corrected chi connectivity index (χ4v) is 1.90. The van der Waals surface area contributed by atoms with Crippen molar-refractivity contribution in [1.82, 2.24) is 19.7 Å². The molecule has 2 aromatic heterocycles. The fourth-order valence-electron chi connectivity index (χ4n) is 1.90. The van der Waals surface area contributed by atoms with Crippen molar-refractivity contribution in [1.29, 1.82) is 0 Å². The Morgan fingerprint density at radius 2 is 1.86 bits per heavy atom. The molecule has 7 heteroatoms. The highest BCUT2D eigenvalue weighted by molar-refractivity contribution is 5.95. The van der Waals surface area contributed by atoms with Crippen molar-refractivity contribution in [3.8, 4) is 17.2 Å². The predicted molar refractivity (Wildman–Crippen MR) is 77.5 cm³/mol. The number of carbonyl (C=O) groups excluding carboxylic acids is 1. The highest BCUT2D eigenvalue weighted by atomic mass is 16.1. The molecular formula is C14H12N6O. The minimum Gasteiger partial charge on any atom is -0.399 e. The smallest absolute Gasteiger partial charge is 0.252 e. The van der Waals surface area contributed by atoms with Gasteiger partial charge in [0.1, 0.15) is 6.33 Å². The zero-order chi connectivity index (χ0) is 14.8. The van der Waals surface area contributed by atoms with Gasteiger partial charge in [0.25, 0.3) is 5.91 Å². The van der Waals surface area contributed by atoms with Crippen molar-refractivity contribution < 1.29 is 4.79 Å². The van der Waals surface area contributed by atoms with Crippen LogP contribution < -0.4 is 11.5 Å². The van der Waals surface area contributed by atoms with Gasteiger partial charge in [0, 0.05) is 17.4 Å². The van der Waals surface area contributed by atoms with Gasteiger partial charge in [0.05, 0.1) is 5.56 Å². The van der Waals surface area contributed by atoms with E-state index in [4.69, 9.17) is 11.5 Å². The Labute approximate surface area is 120 Å². The number of nitrogens with two attached hydrogens (primary N) is 2. The maximum atomic E-state index is 11.4. The summed E-state index contributed by atoms with van der Waals surface area (Å²) in [5.41, 5.74) is 12.7. The van der Waals surface area contributed by atoms with Crippen molar-refractivity contribution in [2.45, 2.75) is 0 Å². The van der Waals surface area contributed by atoms with Crippen LogP contribution >= 0.6 is 0 Å². The molecule has 0 atom stereocenters. The second-order valence-electron chi connectivity index (χ2n) is 4.37. The van der Waals surface area contributed by atoms with Crippen LogP contribution in [0.2, 0.25) is 0 Å². The van der Waals surface area contributed by atoms with Crippen LogP contribution in [0.5, 0.6) is 0 Å². The average molecular weight is 280 g/mol. The maximum Gasteiger partial charge on any atom is 0.252 e. The summed E-state index contributed by atoms with van der Waals surface area (Å²) in [6.07, 6.45) is 3.05. The number of hydrogen-bond acceptors (Lipinski definition) is 5. The van der Waals surface area contributed by atoms with Crippen molar-refractivity contribution in [3.63, 3.8) is 0 Å². The molecule has 21 heavy (non-hydrogen) atoms. The van der Waals surface area contributed by atoms with Gasteiger partial charge < -0.3 is 11.5 Å². The van der Waals surface area contributed by atoms with E-state index in [0.717, 1.165) is 5.56 Å². The molecule has 7 nitrogen and oxygen atoms in total. The van der Waals surface area contributed by atoms with Gasteiger partial charge in [-0.2, -0.15) is 0 Å². The Balaban J connectivity index is 2.03. The molecule has 1 amide bonds. The number of benzene rings is 1. The summed E-state index contributed by atoms with van der Waals surface area (Å²) in [6.45, 7) is 0. The maximum absolute atomic E-state index is 11.4.